The molecule has 196 valence electrons. The van der Waals surface area contributed by atoms with Crippen LogP contribution in [0.1, 0.15) is 61.7 Å². The Bertz CT molecular complexity index is 1410. The van der Waals surface area contributed by atoms with E-state index in [1.54, 1.807) is 42.6 Å². The molecule has 37 heavy (non-hydrogen) atoms. The summed E-state index contributed by atoms with van der Waals surface area (Å²) in [5, 5.41) is 12.2. The predicted molar refractivity (Wildman–Crippen MR) is 133 cm³/mol. The third-order valence-corrected chi connectivity index (χ3v) is 6.67. The highest BCUT2D eigenvalue weighted by atomic mass is 19.1. The van der Waals surface area contributed by atoms with Gasteiger partial charge in [0.25, 0.3) is 0 Å². The van der Waals surface area contributed by atoms with Gasteiger partial charge >= 0.3 is 12.1 Å². The summed E-state index contributed by atoms with van der Waals surface area (Å²) in [6, 6.07) is 4.73. The topological polar surface area (TPSA) is 127 Å². The predicted octanol–water partition coefficient (Wildman–Crippen LogP) is 3.91. The van der Waals surface area contributed by atoms with Gasteiger partial charge in [0, 0.05) is 43.7 Å². The zero-order valence-corrected chi connectivity index (χ0v) is 20.9. The van der Waals surface area contributed by atoms with Crippen LogP contribution < -0.4 is 15.6 Å². The number of nitrogens with one attached hydrogen (secondary N) is 1. The fraction of sp³-hybridized carbons (Fsp3) is 0.462. The number of carboxylic acids is 1. The molecule has 2 fully saturated rings. The lowest BCUT2D eigenvalue weighted by Gasteiger charge is -2.22. The summed E-state index contributed by atoms with van der Waals surface area (Å²) in [6.07, 6.45) is 3.99. The monoisotopic (exact) mass is 512 g/mol. The number of ether oxygens (including phenoxy) is 1. The van der Waals surface area contributed by atoms with Crippen molar-refractivity contribution >= 4 is 28.9 Å². The van der Waals surface area contributed by atoms with Gasteiger partial charge < -0.3 is 29.0 Å². The first kappa shape index (κ1) is 24.8. The molecule has 11 heteroatoms. The molecule has 1 saturated carbocycles. The Hall–Kier alpha value is -3.89. The van der Waals surface area contributed by atoms with E-state index in [1.807, 2.05) is 6.07 Å². The summed E-state index contributed by atoms with van der Waals surface area (Å²) in [5.41, 5.74) is -1.53. The normalized spacial score (nSPS) is 19.8. The van der Waals surface area contributed by atoms with E-state index < -0.39 is 34.5 Å². The molecule has 0 radical (unpaired) electrons. The summed E-state index contributed by atoms with van der Waals surface area (Å²) in [7, 11) is 0. The SMILES string of the molecule is CC(C)(C)OC(=O)NC[C@@H]1CN(c2nc3c(cc2F)c(=O)c(C(=O)O)cn3C2CC2)C[C@H]1c1ccco1. The van der Waals surface area contributed by atoms with Crippen LogP contribution in [0.4, 0.5) is 15.0 Å². The molecule has 4 heterocycles. The van der Waals surface area contributed by atoms with Crippen molar-refractivity contribution < 1.29 is 28.2 Å². The minimum atomic E-state index is -1.35. The molecular formula is C26H29FN4O6. The Morgan fingerprint density at radius 1 is 1.30 bits per heavy atom. The Morgan fingerprint density at radius 3 is 2.68 bits per heavy atom. The van der Waals surface area contributed by atoms with Gasteiger partial charge in [0.1, 0.15) is 22.6 Å². The van der Waals surface area contributed by atoms with Crippen LogP contribution in [0.2, 0.25) is 0 Å². The van der Waals surface area contributed by atoms with Crippen LogP contribution >= 0.6 is 0 Å². The van der Waals surface area contributed by atoms with Gasteiger partial charge in [-0.3, -0.25) is 4.79 Å². The highest BCUT2D eigenvalue weighted by Crippen LogP contribution is 2.39. The van der Waals surface area contributed by atoms with E-state index >= 15 is 4.39 Å². The molecule has 0 unspecified atom stereocenters. The third kappa shape index (κ3) is 5.03. The smallest absolute Gasteiger partial charge is 0.407 e. The number of aromatic carboxylic acids is 1. The molecular weight excluding hydrogens is 483 g/mol. The van der Waals surface area contributed by atoms with E-state index in [2.05, 4.69) is 10.3 Å². The molecule has 1 saturated heterocycles. The molecule has 1 aliphatic carbocycles. The van der Waals surface area contributed by atoms with Crippen LogP contribution in [0.15, 0.2) is 39.9 Å². The fourth-order valence-corrected chi connectivity index (χ4v) is 4.85. The number of nitrogens with zero attached hydrogens (tertiary/aromatic N) is 3. The van der Waals surface area contributed by atoms with Gasteiger partial charge in [0.15, 0.2) is 11.6 Å². The highest BCUT2D eigenvalue weighted by Gasteiger charge is 2.38. The van der Waals surface area contributed by atoms with Crippen molar-refractivity contribution in [2.24, 2.45) is 5.92 Å². The fourth-order valence-electron chi connectivity index (χ4n) is 4.85. The van der Waals surface area contributed by atoms with Crippen LogP contribution in [0.25, 0.3) is 11.0 Å². The van der Waals surface area contributed by atoms with Crippen LogP contribution in [0.5, 0.6) is 0 Å². The number of alkyl carbamates (subject to hydrolysis) is 1. The van der Waals surface area contributed by atoms with Crippen molar-refractivity contribution in [3.8, 4) is 0 Å². The zero-order chi connectivity index (χ0) is 26.5. The maximum Gasteiger partial charge on any atom is 0.407 e. The number of halogens is 1. The lowest BCUT2D eigenvalue weighted by molar-refractivity contribution is 0.0518. The molecule has 3 aromatic rings. The number of fused-ring (bicyclic) bond motifs is 1. The molecule has 0 spiro atoms. The second-order valence-electron chi connectivity index (χ2n) is 10.7. The number of carboxylic acid groups (broad SMARTS) is 1. The van der Waals surface area contributed by atoms with Crippen molar-refractivity contribution in [2.45, 2.75) is 51.2 Å². The van der Waals surface area contributed by atoms with Crippen molar-refractivity contribution in [3.05, 3.63) is 58.0 Å². The van der Waals surface area contributed by atoms with Gasteiger partial charge in [-0.1, -0.05) is 0 Å². The summed E-state index contributed by atoms with van der Waals surface area (Å²) < 4.78 is 28.1. The standard InChI is InChI=1S/C26H29FN4O6/c1-26(2,3)37-25(35)28-10-14-11-30(12-17(14)20-5-4-8-36-20)23-19(27)9-16-21(32)18(24(33)34)13-31(15-6-7-15)22(16)29-23/h4-5,8-9,13-15,17H,6-7,10-12H2,1-3H3,(H,28,35)(H,33,34)/t14-,17-/m1/s1. The Morgan fingerprint density at radius 2 is 2.05 bits per heavy atom. The van der Waals surface area contributed by atoms with E-state index in [0.29, 0.717) is 18.8 Å². The van der Waals surface area contributed by atoms with E-state index in [4.69, 9.17) is 9.15 Å². The maximum absolute atomic E-state index is 15.4. The van der Waals surface area contributed by atoms with Gasteiger partial charge in [0.05, 0.1) is 11.6 Å². The van der Waals surface area contributed by atoms with E-state index in [-0.39, 0.29) is 41.3 Å². The Kier molecular flexibility index (Phi) is 6.17. The minimum Gasteiger partial charge on any atom is -0.477 e. The largest absolute Gasteiger partial charge is 0.477 e. The Balaban J connectivity index is 1.48. The maximum atomic E-state index is 15.4. The van der Waals surface area contributed by atoms with E-state index in [9.17, 15) is 19.5 Å². The van der Waals surface area contributed by atoms with Crippen LogP contribution in [0, 0.1) is 11.7 Å². The minimum absolute atomic E-state index is 0.0206. The molecule has 2 atom stereocenters. The first-order valence-corrected chi connectivity index (χ1v) is 12.3. The quantitative estimate of drug-likeness (QED) is 0.509. The average Bonchev–Trinajstić information content (AvgIpc) is 3.34. The molecule has 3 aromatic heterocycles. The van der Waals surface area contributed by atoms with Crippen molar-refractivity contribution in [2.75, 3.05) is 24.5 Å². The molecule has 2 aliphatic rings. The van der Waals surface area contributed by atoms with E-state index in [1.165, 1.54) is 6.20 Å². The molecule has 1 aliphatic heterocycles. The van der Waals surface area contributed by atoms with Gasteiger partial charge in [-0.15, -0.1) is 0 Å². The van der Waals surface area contributed by atoms with Gasteiger partial charge in [-0.05, 0) is 51.8 Å². The lowest BCUT2D eigenvalue weighted by atomic mass is 9.94. The Labute approximate surface area is 212 Å². The number of rotatable bonds is 6. The molecule has 1 amide bonds. The van der Waals surface area contributed by atoms with Gasteiger partial charge in [-0.2, -0.15) is 0 Å². The van der Waals surface area contributed by atoms with Crippen LogP contribution in [-0.2, 0) is 4.74 Å². The number of pyridine rings is 2. The molecule has 0 bridgehead atoms. The molecule has 5 rings (SSSR count). The second-order valence-corrected chi connectivity index (χ2v) is 10.7. The first-order chi connectivity index (χ1) is 17.5. The highest BCUT2D eigenvalue weighted by molar-refractivity contribution is 5.92. The molecule has 0 aromatic carbocycles. The van der Waals surface area contributed by atoms with Crippen LogP contribution in [-0.4, -0.2) is 52.0 Å². The third-order valence-electron chi connectivity index (χ3n) is 6.67. The van der Waals surface area contributed by atoms with Crippen molar-refractivity contribution in [3.63, 3.8) is 0 Å². The zero-order valence-electron chi connectivity index (χ0n) is 20.9. The number of amides is 1. The summed E-state index contributed by atoms with van der Waals surface area (Å²) in [6.45, 7) is 6.38. The number of hydrogen-bond acceptors (Lipinski definition) is 7. The number of carbonyl (C=O) groups excluding carboxylic acids is 1. The summed E-state index contributed by atoms with van der Waals surface area (Å²) >= 11 is 0. The number of furan rings is 1. The first-order valence-electron chi connectivity index (χ1n) is 12.3. The van der Waals surface area contributed by atoms with Gasteiger partial charge in [-0.25, -0.2) is 19.0 Å². The number of carbonyl (C=O) groups is 2. The number of hydrogen-bond donors (Lipinski definition) is 2. The average molecular weight is 513 g/mol. The molecule has 2 N–H and O–H groups in total. The lowest BCUT2D eigenvalue weighted by Crippen LogP contribution is -2.37. The number of anilines is 1. The number of aromatic nitrogens is 2. The van der Waals surface area contributed by atoms with Crippen molar-refractivity contribution in [1.29, 1.82) is 0 Å². The molecule has 10 nitrogen and oxygen atoms in total. The second kappa shape index (κ2) is 9.20. The van der Waals surface area contributed by atoms with Crippen molar-refractivity contribution in [1.82, 2.24) is 14.9 Å². The summed E-state index contributed by atoms with van der Waals surface area (Å²) in [5.74, 6) is -1.57. The summed E-state index contributed by atoms with van der Waals surface area (Å²) in [4.78, 5) is 43.0. The van der Waals surface area contributed by atoms with Gasteiger partial charge in [0.2, 0.25) is 5.43 Å². The van der Waals surface area contributed by atoms with E-state index in [0.717, 1.165) is 18.9 Å². The van der Waals surface area contributed by atoms with Crippen LogP contribution in [0.3, 0.4) is 0 Å².